The number of phenolic OH excluding ortho intramolecular Hbond substituents is 3. The Hall–Kier alpha value is -1.61. The van der Waals surface area contributed by atoms with Crippen LogP contribution in [0.4, 0.5) is 4.39 Å². The molecule has 0 amide bonds. The first-order chi connectivity index (χ1) is 10.3. The van der Waals surface area contributed by atoms with Crippen LogP contribution in [0.1, 0.15) is 25.0 Å². The van der Waals surface area contributed by atoms with Crippen molar-refractivity contribution < 1.29 is 34.7 Å². The third-order valence-corrected chi connectivity index (χ3v) is 3.38. The highest BCUT2D eigenvalue weighted by Gasteiger charge is 2.42. The molecule has 1 heterocycles. The second-order valence-corrected chi connectivity index (χ2v) is 4.59. The van der Waals surface area contributed by atoms with E-state index in [0.29, 0.717) is 0 Å². The maximum Gasteiger partial charge on any atom is 0.261 e. The molecule has 1 saturated heterocycles. The van der Waals surface area contributed by atoms with Crippen LogP contribution in [0.25, 0.3) is 0 Å². The standard InChI is InChI=1S/C12H16FNO6.C2H6/c1-6-8(13)10(16)7(11(17)9(6)15)12(18,19)14-2-4-20-5-3-14;1-2/h15-19H,2-5H2,1H3;1-2H3. The molecule has 1 aliphatic heterocycles. The van der Waals surface area contributed by atoms with Crippen LogP contribution in [0.15, 0.2) is 0 Å². The molecule has 0 bridgehead atoms. The zero-order valence-electron chi connectivity index (χ0n) is 12.8. The third kappa shape index (κ3) is 3.09. The van der Waals surface area contributed by atoms with Crippen molar-refractivity contribution in [2.45, 2.75) is 26.7 Å². The molecule has 7 nitrogen and oxygen atoms in total. The van der Waals surface area contributed by atoms with Crippen molar-refractivity contribution in [1.29, 1.82) is 0 Å². The van der Waals surface area contributed by atoms with Gasteiger partial charge in [0.1, 0.15) is 5.56 Å². The number of ether oxygens (including phenoxy) is 1. The van der Waals surface area contributed by atoms with Crippen LogP contribution in [0.5, 0.6) is 17.2 Å². The average molecular weight is 319 g/mol. The summed E-state index contributed by atoms with van der Waals surface area (Å²) in [6, 6.07) is 0. The lowest BCUT2D eigenvalue weighted by molar-refractivity contribution is -0.288. The third-order valence-electron chi connectivity index (χ3n) is 3.38. The van der Waals surface area contributed by atoms with Gasteiger partial charge >= 0.3 is 0 Å². The van der Waals surface area contributed by atoms with E-state index in [2.05, 4.69) is 0 Å². The first-order valence-corrected chi connectivity index (χ1v) is 6.99. The summed E-state index contributed by atoms with van der Waals surface area (Å²) in [5.41, 5.74) is -1.28. The smallest absolute Gasteiger partial charge is 0.261 e. The lowest BCUT2D eigenvalue weighted by Crippen LogP contribution is -2.51. The zero-order chi connectivity index (χ0) is 17.1. The van der Waals surface area contributed by atoms with Crippen LogP contribution in [-0.2, 0) is 10.6 Å². The Kier molecular flexibility index (Phi) is 5.95. The molecule has 0 radical (unpaired) electrons. The zero-order valence-corrected chi connectivity index (χ0v) is 12.8. The number of halogens is 1. The molecule has 0 spiro atoms. The first-order valence-electron chi connectivity index (χ1n) is 6.99. The van der Waals surface area contributed by atoms with Gasteiger partial charge in [0, 0.05) is 18.7 Å². The fraction of sp³-hybridized carbons (Fsp3) is 0.571. The number of rotatable bonds is 2. The minimum atomic E-state index is -2.83. The Morgan fingerprint density at radius 2 is 1.50 bits per heavy atom. The number of aromatic hydroxyl groups is 3. The van der Waals surface area contributed by atoms with Crippen molar-refractivity contribution in [3.63, 3.8) is 0 Å². The van der Waals surface area contributed by atoms with Crippen LogP contribution in [-0.4, -0.2) is 56.7 Å². The fourth-order valence-corrected chi connectivity index (χ4v) is 2.15. The van der Waals surface area contributed by atoms with E-state index in [9.17, 15) is 29.9 Å². The molecule has 1 aromatic carbocycles. The highest BCUT2D eigenvalue weighted by molar-refractivity contribution is 5.58. The summed E-state index contributed by atoms with van der Waals surface area (Å²) >= 11 is 0. The summed E-state index contributed by atoms with van der Waals surface area (Å²) in [6.07, 6.45) is 0. The molecule has 22 heavy (non-hydrogen) atoms. The Balaban J connectivity index is 0.00000116. The molecule has 0 atom stereocenters. The van der Waals surface area contributed by atoms with Gasteiger partial charge in [0.2, 0.25) is 0 Å². The van der Waals surface area contributed by atoms with E-state index in [0.717, 1.165) is 11.8 Å². The Morgan fingerprint density at radius 3 is 2.00 bits per heavy atom. The van der Waals surface area contributed by atoms with Crippen molar-refractivity contribution in [1.82, 2.24) is 4.90 Å². The molecule has 8 heteroatoms. The minimum Gasteiger partial charge on any atom is -0.504 e. The Labute approximate surface area is 127 Å². The molecule has 1 aromatic rings. The highest BCUT2D eigenvalue weighted by atomic mass is 19.1. The van der Waals surface area contributed by atoms with Crippen molar-refractivity contribution in [3.05, 3.63) is 16.9 Å². The predicted octanol–water partition coefficient (Wildman–Crippen LogP) is 0.704. The number of hydrogen-bond acceptors (Lipinski definition) is 7. The fourth-order valence-electron chi connectivity index (χ4n) is 2.15. The van der Waals surface area contributed by atoms with Crippen molar-refractivity contribution in [2.24, 2.45) is 0 Å². The van der Waals surface area contributed by atoms with Crippen molar-refractivity contribution >= 4 is 0 Å². The van der Waals surface area contributed by atoms with E-state index < -0.39 is 34.5 Å². The summed E-state index contributed by atoms with van der Waals surface area (Å²) in [7, 11) is 0. The van der Waals surface area contributed by atoms with E-state index >= 15 is 0 Å². The van der Waals surface area contributed by atoms with Gasteiger partial charge in [0.05, 0.1) is 13.2 Å². The van der Waals surface area contributed by atoms with Gasteiger partial charge < -0.3 is 30.3 Å². The molecular weight excluding hydrogens is 297 g/mol. The quantitative estimate of drug-likeness (QED) is 0.310. The van der Waals surface area contributed by atoms with Crippen LogP contribution in [0, 0.1) is 12.7 Å². The molecule has 5 N–H and O–H groups in total. The Morgan fingerprint density at radius 1 is 1.00 bits per heavy atom. The Bertz CT molecular complexity index is 500. The summed E-state index contributed by atoms with van der Waals surface area (Å²) in [5, 5.41) is 49.4. The van der Waals surface area contributed by atoms with Gasteiger partial charge in [-0.25, -0.2) is 9.29 Å². The van der Waals surface area contributed by atoms with E-state index in [4.69, 9.17) is 4.74 Å². The molecular formula is C14H22FNO6. The van der Waals surface area contributed by atoms with E-state index in [1.165, 1.54) is 0 Å². The highest BCUT2D eigenvalue weighted by Crippen LogP contribution is 2.46. The summed E-state index contributed by atoms with van der Waals surface area (Å²) < 4.78 is 18.8. The first kappa shape index (κ1) is 18.4. The predicted molar refractivity (Wildman–Crippen MR) is 76.0 cm³/mol. The molecule has 0 unspecified atom stereocenters. The average Bonchev–Trinajstić information content (AvgIpc) is 2.54. The van der Waals surface area contributed by atoms with E-state index in [-0.39, 0.29) is 31.9 Å². The topological polar surface area (TPSA) is 114 Å². The van der Waals surface area contributed by atoms with Crippen LogP contribution >= 0.6 is 0 Å². The lowest BCUT2D eigenvalue weighted by atomic mass is 10.0. The van der Waals surface area contributed by atoms with Crippen LogP contribution in [0.2, 0.25) is 0 Å². The summed E-state index contributed by atoms with van der Waals surface area (Å²) in [5.74, 6) is -7.00. The maximum absolute atomic E-state index is 13.7. The van der Waals surface area contributed by atoms with Gasteiger partial charge in [0.15, 0.2) is 23.1 Å². The minimum absolute atomic E-state index is 0.0993. The van der Waals surface area contributed by atoms with Gasteiger partial charge in [-0.05, 0) is 6.92 Å². The molecule has 0 aromatic heterocycles. The number of hydrogen-bond donors (Lipinski definition) is 5. The molecule has 1 fully saturated rings. The van der Waals surface area contributed by atoms with Gasteiger partial charge in [-0.2, -0.15) is 0 Å². The number of phenols is 3. The number of nitrogens with zero attached hydrogens (tertiary/aromatic N) is 1. The lowest BCUT2D eigenvalue weighted by Gasteiger charge is -2.38. The van der Waals surface area contributed by atoms with Gasteiger partial charge in [-0.15, -0.1) is 0 Å². The largest absolute Gasteiger partial charge is 0.504 e. The van der Waals surface area contributed by atoms with Crippen molar-refractivity contribution in [2.75, 3.05) is 26.3 Å². The molecule has 1 aliphatic rings. The number of aliphatic hydroxyl groups is 2. The molecule has 126 valence electrons. The second-order valence-electron chi connectivity index (χ2n) is 4.59. The monoisotopic (exact) mass is 319 g/mol. The van der Waals surface area contributed by atoms with Gasteiger partial charge in [-0.1, -0.05) is 13.8 Å². The number of benzene rings is 1. The summed E-state index contributed by atoms with van der Waals surface area (Å²) in [6.45, 7) is 5.76. The van der Waals surface area contributed by atoms with Gasteiger partial charge in [0.25, 0.3) is 5.91 Å². The van der Waals surface area contributed by atoms with E-state index in [1.807, 2.05) is 13.8 Å². The normalized spacial score (nSPS) is 16.1. The number of morpholine rings is 1. The maximum atomic E-state index is 13.7. The molecule has 0 aliphatic carbocycles. The SMILES string of the molecule is CC.Cc1c(O)c(O)c(C(O)(O)N2CCOCC2)c(O)c1F. The van der Waals surface area contributed by atoms with Crippen LogP contribution < -0.4 is 0 Å². The van der Waals surface area contributed by atoms with Gasteiger partial charge in [-0.3, -0.25) is 0 Å². The molecule has 0 saturated carbocycles. The molecule has 2 rings (SSSR count). The van der Waals surface area contributed by atoms with E-state index in [1.54, 1.807) is 0 Å². The van der Waals surface area contributed by atoms with Crippen molar-refractivity contribution in [3.8, 4) is 17.2 Å². The van der Waals surface area contributed by atoms with Crippen LogP contribution in [0.3, 0.4) is 0 Å². The summed E-state index contributed by atoms with van der Waals surface area (Å²) in [4.78, 5) is 1.08. The second kappa shape index (κ2) is 7.10.